The number of thiazole rings is 1. The number of ether oxygens (including phenoxy) is 1. The summed E-state index contributed by atoms with van der Waals surface area (Å²) in [5.74, 6) is -0.282. The van der Waals surface area contributed by atoms with Crippen LogP contribution in [-0.2, 0) is 22.5 Å². The Hall–Kier alpha value is -1.59. The van der Waals surface area contributed by atoms with Gasteiger partial charge in [0.05, 0.1) is 19.2 Å². The van der Waals surface area contributed by atoms with Crippen molar-refractivity contribution in [2.75, 3.05) is 19.1 Å². The van der Waals surface area contributed by atoms with Crippen molar-refractivity contribution in [3.63, 3.8) is 0 Å². The SMILES string of the molecule is COC(=O)Cc1csc(N(C)Cc2ccccc2Cl)n1. The molecule has 1 aromatic carbocycles. The standard InChI is InChI=1S/C14H15ClN2O2S/c1-17(8-10-5-3-4-6-12(10)15)14-16-11(9-20-14)7-13(18)19-2/h3-6,9H,7-8H2,1-2H3. The van der Waals surface area contributed by atoms with Crippen LogP contribution < -0.4 is 4.90 Å². The fourth-order valence-corrected chi connectivity index (χ4v) is 2.71. The molecule has 6 heteroatoms. The van der Waals surface area contributed by atoms with Gasteiger partial charge in [-0.25, -0.2) is 4.98 Å². The lowest BCUT2D eigenvalue weighted by molar-refractivity contribution is -0.139. The van der Waals surface area contributed by atoms with E-state index in [9.17, 15) is 4.79 Å². The zero-order valence-electron chi connectivity index (χ0n) is 11.3. The number of hydrogen-bond donors (Lipinski definition) is 0. The molecule has 106 valence electrons. The molecule has 0 N–H and O–H groups in total. The Labute approximate surface area is 127 Å². The van der Waals surface area contributed by atoms with E-state index in [0.717, 1.165) is 21.4 Å². The lowest BCUT2D eigenvalue weighted by Gasteiger charge is -2.16. The maximum absolute atomic E-state index is 11.2. The van der Waals surface area contributed by atoms with Crippen LogP contribution in [0, 0.1) is 0 Å². The summed E-state index contributed by atoms with van der Waals surface area (Å²) in [6, 6.07) is 7.72. The number of halogens is 1. The molecule has 0 saturated carbocycles. The highest BCUT2D eigenvalue weighted by molar-refractivity contribution is 7.13. The molecule has 0 amide bonds. The second kappa shape index (κ2) is 6.72. The van der Waals surface area contributed by atoms with E-state index < -0.39 is 0 Å². The summed E-state index contributed by atoms with van der Waals surface area (Å²) in [5.41, 5.74) is 1.77. The van der Waals surface area contributed by atoms with E-state index in [1.54, 1.807) is 0 Å². The topological polar surface area (TPSA) is 42.4 Å². The molecule has 2 aromatic rings. The quantitative estimate of drug-likeness (QED) is 0.796. The van der Waals surface area contributed by atoms with Crippen LogP contribution in [-0.4, -0.2) is 25.1 Å². The number of carbonyl (C=O) groups excluding carboxylic acids is 1. The van der Waals surface area contributed by atoms with Crippen LogP contribution in [0.15, 0.2) is 29.6 Å². The lowest BCUT2D eigenvalue weighted by atomic mass is 10.2. The predicted molar refractivity (Wildman–Crippen MR) is 81.4 cm³/mol. The first-order valence-corrected chi connectivity index (χ1v) is 7.31. The third kappa shape index (κ3) is 3.71. The molecule has 0 saturated heterocycles. The fraction of sp³-hybridized carbons (Fsp3) is 0.286. The van der Waals surface area contributed by atoms with Crippen molar-refractivity contribution in [2.24, 2.45) is 0 Å². The molecule has 1 aromatic heterocycles. The summed E-state index contributed by atoms with van der Waals surface area (Å²) in [7, 11) is 3.32. The van der Waals surface area contributed by atoms with Gasteiger partial charge in [-0.2, -0.15) is 0 Å². The maximum Gasteiger partial charge on any atom is 0.311 e. The first kappa shape index (κ1) is 14.8. The van der Waals surface area contributed by atoms with Crippen LogP contribution in [0.4, 0.5) is 5.13 Å². The monoisotopic (exact) mass is 310 g/mol. The van der Waals surface area contributed by atoms with Gasteiger partial charge in [0.15, 0.2) is 5.13 Å². The molecule has 4 nitrogen and oxygen atoms in total. The average Bonchev–Trinajstić information content (AvgIpc) is 2.89. The molecule has 0 radical (unpaired) electrons. The largest absolute Gasteiger partial charge is 0.469 e. The number of aromatic nitrogens is 1. The van der Waals surface area contributed by atoms with Crippen LogP contribution in [0.3, 0.4) is 0 Å². The highest BCUT2D eigenvalue weighted by Crippen LogP contribution is 2.23. The van der Waals surface area contributed by atoms with Crippen molar-refractivity contribution in [2.45, 2.75) is 13.0 Å². The molecule has 2 rings (SSSR count). The zero-order valence-corrected chi connectivity index (χ0v) is 12.9. The molecule has 1 heterocycles. The molecule has 20 heavy (non-hydrogen) atoms. The van der Waals surface area contributed by atoms with Crippen LogP contribution in [0.5, 0.6) is 0 Å². The van der Waals surface area contributed by atoms with Gasteiger partial charge in [0.2, 0.25) is 0 Å². The minimum atomic E-state index is -0.282. The third-order valence-corrected chi connectivity index (χ3v) is 4.16. The minimum Gasteiger partial charge on any atom is -0.469 e. The average molecular weight is 311 g/mol. The van der Waals surface area contributed by atoms with Gasteiger partial charge in [-0.3, -0.25) is 4.79 Å². The van der Waals surface area contributed by atoms with Crippen LogP contribution in [0.1, 0.15) is 11.3 Å². The molecule has 0 bridgehead atoms. The number of methoxy groups -OCH3 is 1. The van der Waals surface area contributed by atoms with E-state index in [1.807, 2.05) is 41.6 Å². The van der Waals surface area contributed by atoms with Gasteiger partial charge < -0.3 is 9.64 Å². The van der Waals surface area contributed by atoms with E-state index >= 15 is 0 Å². The lowest BCUT2D eigenvalue weighted by Crippen LogP contribution is -2.16. The van der Waals surface area contributed by atoms with Gasteiger partial charge in [-0.15, -0.1) is 11.3 Å². The van der Waals surface area contributed by atoms with Gasteiger partial charge in [-0.1, -0.05) is 29.8 Å². The van der Waals surface area contributed by atoms with Gasteiger partial charge in [0, 0.05) is 24.0 Å². The zero-order chi connectivity index (χ0) is 14.5. The van der Waals surface area contributed by atoms with Crippen LogP contribution in [0.25, 0.3) is 0 Å². The summed E-state index contributed by atoms with van der Waals surface area (Å²) >= 11 is 7.64. The van der Waals surface area contributed by atoms with Crippen molar-refractivity contribution < 1.29 is 9.53 Å². The van der Waals surface area contributed by atoms with E-state index in [0.29, 0.717) is 6.54 Å². The van der Waals surface area contributed by atoms with Crippen LogP contribution in [0.2, 0.25) is 5.02 Å². The van der Waals surface area contributed by atoms with E-state index in [-0.39, 0.29) is 12.4 Å². The number of nitrogens with zero attached hydrogens (tertiary/aromatic N) is 2. The van der Waals surface area contributed by atoms with Gasteiger partial charge in [0.1, 0.15) is 0 Å². The number of rotatable bonds is 5. The van der Waals surface area contributed by atoms with Gasteiger partial charge in [-0.05, 0) is 11.6 Å². The molecular weight excluding hydrogens is 296 g/mol. The second-order valence-corrected chi connectivity index (χ2v) is 5.57. The Balaban J connectivity index is 2.04. The molecular formula is C14H15ClN2O2S. The second-order valence-electron chi connectivity index (χ2n) is 4.32. The minimum absolute atomic E-state index is 0.201. The van der Waals surface area contributed by atoms with E-state index in [2.05, 4.69) is 9.72 Å². The van der Waals surface area contributed by atoms with Crippen LogP contribution >= 0.6 is 22.9 Å². The first-order valence-electron chi connectivity index (χ1n) is 6.06. The normalized spacial score (nSPS) is 10.3. The number of anilines is 1. The summed E-state index contributed by atoms with van der Waals surface area (Å²) in [5, 5.41) is 3.46. The van der Waals surface area contributed by atoms with E-state index in [1.165, 1.54) is 18.4 Å². The van der Waals surface area contributed by atoms with Crippen molar-refractivity contribution in [1.29, 1.82) is 0 Å². The highest BCUT2D eigenvalue weighted by atomic mass is 35.5. The van der Waals surface area contributed by atoms with E-state index in [4.69, 9.17) is 11.6 Å². The number of hydrogen-bond acceptors (Lipinski definition) is 5. The Bertz CT molecular complexity index is 600. The third-order valence-electron chi connectivity index (χ3n) is 2.78. The fourth-order valence-electron chi connectivity index (χ4n) is 1.72. The first-order chi connectivity index (χ1) is 9.60. The number of esters is 1. The molecule has 0 aliphatic heterocycles. The van der Waals surface area contributed by atoms with Crippen molar-refractivity contribution in [1.82, 2.24) is 4.98 Å². The van der Waals surface area contributed by atoms with Crippen molar-refractivity contribution >= 4 is 34.0 Å². The Morgan fingerprint density at radius 1 is 1.45 bits per heavy atom. The highest BCUT2D eigenvalue weighted by Gasteiger charge is 2.11. The Morgan fingerprint density at radius 2 is 2.20 bits per heavy atom. The van der Waals surface area contributed by atoms with Crippen molar-refractivity contribution in [3.05, 3.63) is 45.9 Å². The smallest absolute Gasteiger partial charge is 0.311 e. The molecule has 0 fully saturated rings. The maximum atomic E-state index is 11.2. The molecule has 0 spiro atoms. The Kier molecular flexibility index (Phi) is 4.98. The summed E-state index contributed by atoms with van der Waals surface area (Å²) in [6.07, 6.45) is 0.201. The molecule has 0 aliphatic rings. The van der Waals surface area contributed by atoms with Gasteiger partial charge >= 0.3 is 5.97 Å². The molecule has 0 aliphatic carbocycles. The number of carbonyl (C=O) groups is 1. The summed E-state index contributed by atoms with van der Waals surface area (Å²) in [6.45, 7) is 0.671. The summed E-state index contributed by atoms with van der Waals surface area (Å²) < 4.78 is 4.63. The predicted octanol–water partition coefficient (Wildman–Crippen LogP) is 3.15. The number of benzene rings is 1. The molecule has 0 unspecified atom stereocenters. The summed E-state index contributed by atoms with van der Waals surface area (Å²) in [4.78, 5) is 17.6. The van der Waals surface area contributed by atoms with Gasteiger partial charge in [0.25, 0.3) is 0 Å². The molecule has 0 atom stereocenters. The van der Waals surface area contributed by atoms with Crippen molar-refractivity contribution in [3.8, 4) is 0 Å². The Morgan fingerprint density at radius 3 is 2.90 bits per heavy atom.